The molecule has 57 heavy (non-hydrogen) atoms. The molecule has 8 aromatic rings. The van der Waals surface area contributed by atoms with Crippen LogP contribution in [0.3, 0.4) is 0 Å². The van der Waals surface area contributed by atoms with Crippen LogP contribution < -0.4 is 21.1 Å². The number of nitrogens with one attached hydrogen (secondary N) is 1. The van der Waals surface area contributed by atoms with Crippen molar-refractivity contribution in [2.24, 2.45) is 0 Å². The highest BCUT2D eigenvalue weighted by Gasteiger charge is 2.43. The van der Waals surface area contributed by atoms with Gasteiger partial charge in [0.1, 0.15) is 11.2 Å². The number of hydrogen-bond acceptors (Lipinski definition) is 3. The summed E-state index contributed by atoms with van der Waals surface area (Å²) >= 11 is 0. The number of fused-ring (bicyclic) bond motifs is 8. The first-order valence-corrected chi connectivity index (χ1v) is 20.5. The summed E-state index contributed by atoms with van der Waals surface area (Å²) in [7, 11) is 2.46. The number of anilines is 5. The summed E-state index contributed by atoms with van der Waals surface area (Å²) in [5, 5.41) is 6.30. The lowest BCUT2D eigenvalue weighted by Crippen LogP contribution is -2.45. The van der Waals surface area contributed by atoms with Crippen LogP contribution in [0.15, 0.2) is 144 Å². The van der Waals surface area contributed by atoms with Crippen molar-refractivity contribution in [1.82, 2.24) is 0 Å². The van der Waals surface area contributed by atoms with Gasteiger partial charge in [-0.15, -0.1) is 0 Å². The van der Waals surface area contributed by atoms with E-state index in [0.29, 0.717) is 0 Å². The summed E-state index contributed by atoms with van der Waals surface area (Å²) < 4.78 is 6.88. The lowest BCUT2D eigenvalue weighted by Gasteiger charge is -2.46. The molecule has 0 unspecified atom stereocenters. The van der Waals surface area contributed by atoms with Gasteiger partial charge in [-0.1, -0.05) is 144 Å². The lowest BCUT2D eigenvalue weighted by molar-refractivity contribution is 0.332. The molecule has 1 aliphatic carbocycles. The molecule has 3 nitrogen and oxygen atoms in total. The van der Waals surface area contributed by atoms with Gasteiger partial charge in [0.05, 0.1) is 5.69 Å². The Morgan fingerprint density at radius 1 is 0.579 bits per heavy atom. The molecule has 7 aromatic carbocycles. The van der Waals surface area contributed by atoms with E-state index in [-0.39, 0.29) is 16.2 Å². The molecule has 0 saturated carbocycles. The molecule has 1 radical (unpaired) electrons. The third-order valence-corrected chi connectivity index (χ3v) is 13.5. The predicted molar refractivity (Wildman–Crippen MR) is 241 cm³/mol. The van der Waals surface area contributed by atoms with E-state index in [1.54, 1.807) is 0 Å². The van der Waals surface area contributed by atoms with Gasteiger partial charge in [0.15, 0.2) is 7.28 Å². The standard InChI is InChI=1S/C53H46BN2O/c1-51(2)27-28-52(3,4)40-30-42(55-34-25-23-33(24-26-34)32-15-8-7-9-16-32)36(29-39(40)51)48-47-35-17-10-13-22-45(35)57-46(47)31-44-49(48)54-41-20-14-19-38-50(41)56(44)43-21-12-11-18-37(43)53(38,5)6/h7-26,29-31,55H,27-28H2,1-6H3. The summed E-state index contributed by atoms with van der Waals surface area (Å²) in [4.78, 5) is 2.53. The molecule has 0 bridgehead atoms. The smallest absolute Gasteiger partial charge is 0.197 e. The van der Waals surface area contributed by atoms with E-state index in [2.05, 4.69) is 199 Å². The van der Waals surface area contributed by atoms with Crippen molar-refractivity contribution < 1.29 is 4.42 Å². The van der Waals surface area contributed by atoms with Crippen LogP contribution in [0.4, 0.5) is 28.4 Å². The highest BCUT2D eigenvalue weighted by molar-refractivity contribution is 6.74. The fourth-order valence-corrected chi connectivity index (χ4v) is 10.3. The number of para-hydroxylation sites is 3. The zero-order valence-electron chi connectivity index (χ0n) is 33.6. The van der Waals surface area contributed by atoms with E-state index >= 15 is 0 Å². The maximum Gasteiger partial charge on any atom is 0.197 e. The van der Waals surface area contributed by atoms with E-state index in [9.17, 15) is 0 Å². The van der Waals surface area contributed by atoms with Gasteiger partial charge in [-0.25, -0.2) is 0 Å². The lowest BCUT2D eigenvalue weighted by atomic mass is 9.55. The van der Waals surface area contributed by atoms with Crippen LogP contribution in [0, 0.1) is 0 Å². The molecule has 0 amide bonds. The Labute approximate surface area is 336 Å². The van der Waals surface area contributed by atoms with Crippen molar-refractivity contribution in [3.05, 3.63) is 162 Å². The Balaban J connectivity index is 1.22. The zero-order valence-corrected chi connectivity index (χ0v) is 33.6. The molecule has 0 atom stereocenters. The van der Waals surface area contributed by atoms with Crippen LogP contribution in [0.1, 0.15) is 76.6 Å². The minimum absolute atomic E-state index is 0.0183. The van der Waals surface area contributed by atoms with E-state index in [1.807, 2.05) is 0 Å². The second-order valence-electron chi connectivity index (χ2n) is 18.3. The van der Waals surface area contributed by atoms with E-state index in [1.165, 1.54) is 66.8 Å². The van der Waals surface area contributed by atoms with E-state index in [0.717, 1.165) is 51.8 Å². The number of hydrogen-bond donors (Lipinski definition) is 1. The molecule has 4 heteroatoms. The van der Waals surface area contributed by atoms with Gasteiger partial charge < -0.3 is 14.6 Å². The molecule has 2 aliphatic heterocycles. The van der Waals surface area contributed by atoms with Crippen LogP contribution >= 0.6 is 0 Å². The quantitative estimate of drug-likeness (QED) is 0.182. The van der Waals surface area contributed by atoms with Crippen molar-refractivity contribution in [2.75, 3.05) is 10.2 Å². The molecule has 3 aliphatic rings. The fraction of sp³-hybridized carbons (Fsp3) is 0.208. The Bertz CT molecular complexity index is 2930. The van der Waals surface area contributed by atoms with Crippen molar-refractivity contribution in [3.63, 3.8) is 0 Å². The molecule has 11 rings (SSSR count). The normalized spacial score (nSPS) is 16.6. The summed E-state index contributed by atoms with van der Waals surface area (Å²) in [5.74, 6) is 0. The summed E-state index contributed by atoms with van der Waals surface area (Å²) in [5.41, 5.74) is 20.3. The largest absolute Gasteiger partial charge is 0.456 e. The molecule has 1 N–H and O–H groups in total. The molecule has 0 spiro atoms. The Morgan fingerprint density at radius 2 is 1.25 bits per heavy atom. The number of furan rings is 1. The molecule has 277 valence electrons. The van der Waals surface area contributed by atoms with Crippen LogP contribution in [0.25, 0.3) is 44.2 Å². The first-order valence-electron chi connectivity index (χ1n) is 20.5. The number of benzene rings is 7. The average molecular weight is 738 g/mol. The monoisotopic (exact) mass is 737 g/mol. The minimum Gasteiger partial charge on any atom is -0.456 e. The van der Waals surface area contributed by atoms with Crippen LogP contribution in [0.5, 0.6) is 0 Å². The van der Waals surface area contributed by atoms with Gasteiger partial charge in [-0.05, 0) is 104 Å². The highest BCUT2D eigenvalue weighted by atomic mass is 16.3. The molecular weight excluding hydrogens is 691 g/mol. The molecule has 1 aromatic heterocycles. The first kappa shape index (κ1) is 34.3. The van der Waals surface area contributed by atoms with E-state index in [4.69, 9.17) is 4.42 Å². The first-order chi connectivity index (χ1) is 27.5. The average Bonchev–Trinajstić information content (AvgIpc) is 3.59. The number of nitrogens with zero attached hydrogens (tertiary/aromatic N) is 1. The fourth-order valence-electron chi connectivity index (χ4n) is 10.3. The summed E-state index contributed by atoms with van der Waals surface area (Å²) in [6.45, 7) is 14.4. The summed E-state index contributed by atoms with van der Waals surface area (Å²) in [6.07, 6.45) is 2.28. The van der Waals surface area contributed by atoms with Crippen LogP contribution in [-0.4, -0.2) is 7.28 Å². The Kier molecular flexibility index (Phi) is 7.22. The third-order valence-electron chi connectivity index (χ3n) is 13.5. The second-order valence-corrected chi connectivity index (χ2v) is 18.3. The second kappa shape index (κ2) is 12.0. The van der Waals surface area contributed by atoms with Crippen LogP contribution in [-0.2, 0) is 16.2 Å². The Hall–Kier alpha value is -6.00. The summed E-state index contributed by atoms with van der Waals surface area (Å²) in [6, 6.07) is 51.2. The predicted octanol–water partition coefficient (Wildman–Crippen LogP) is 13.1. The topological polar surface area (TPSA) is 28.4 Å². The minimum atomic E-state index is -0.153. The van der Waals surface area contributed by atoms with Crippen molar-refractivity contribution in [2.45, 2.75) is 70.6 Å². The third kappa shape index (κ3) is 5.05. The Morgan fingerprint density at radius 3 is 2.04 bits per heavy atom. The number of rotatable bonds is 4. The highest BCUT2D eigenvalue weighted by Crippen LogP contribution is 2.55. The van der Waals surface area contributed by atoms with Gasteiger partial charge >= 0.3 is 0 Å². The van der Waals surface area contributed by atoms with E-state index < -0.39 is 0 Å². The van der Waals surface area contributed by atoms with Crippen LogP contribution in [0.2, 0.25) is 0 Å². The van der Waals surface area contributed by atoms with Gasteiger partial charge in [0.25, 0.3) is 0 Å². The molecule has 0 fully saturated rings. The van der Waals surface area contributed by atoms with Gasteiger partial charge in [0.2, 0.25) is 0 Å². The molecular formula is C53H46BN2O. The van der Waals surface area contributed by atoms with Crippen molar-refractivity contribution in [3.8, 4) is 22.3 Å². The maximum absolute atomic E-state index is 6.88. The van der Waals surface area contributed by atoms with Crippen molar-refractivity contribution in [1.29, 1.82) is 0 Å². The zero-order chi connectivity index (χ0) is 38.8. The molecule has 0 saturated heterocycles. The van der Waals surface area contributed by atoms with Gasteiger partial charge in [-0.2, -0.15) is 0 Å². The SMILES string of the molecule is CC1(C)CCC(C)(C)c2cc(-c3c4c(cc5oc6ccccc6c35)N3c5ccccc5C(C)(C)c5cccc(c53)[B]4)c(Nc3ccc(-c4ccccc4)cc3)cc21. The van der Waals surface area contributed by atoms with Gasteiger partial charge in [-0.3, -0.25) is 0 Å². The maximum atomic E-state index is 6.88. The van der Waals surface area contributed by atoms with Gasteiger partial charge in [0, 0.05) is 50.6 Å². The molecule has 3 heterocycles. The van der Waals surface area contributed by atoms with Crippen molar-refractivity contribution >= 4 is 68.6 Å².